The molecule has 6 heteroatoms. The molecular weight excluding hydrogens is 421 g/mol. The first-order chi connectivity index (χ1) is 14.8. The fourth-order valence-corrected chi connectivity index (χ4v) is 3.79. The first-order valence-electron chi connectivity index (χ1n) is 9.50. The minimum atomic E-state index is -4.36. The molecule has 0 saturated carbocycles. The van der Waals surface area contributed by atoms with E-state index in [9.17, 15) is 13.2 Å². The van der Waals surface area contributed by atoms with Crippen molar-refractivity contribution in [1.82, 2.24) is 0 Å². The van der Waals surface area contributed by atoms with Gasteiger partial charge in [0.15, 0.2) is 7.11 Å². The van der Waals surface area contributed by atoms with E-state index in [1.165, 1.54) is 12.1 Å². The van der Waals surface area contributed by atoms with Gasteiger partial charge in [0.25, 0.3) is 0 Å². The number of halogens is 3. The lowest BCUT2D eigenvalue weighted by Gasteiger charge is -2.12. The summed E-state index contributed by atoms with van der Waals surface area (Å²) in [4.78, 5) is 1.05. The molecule has 0 N–H and O–H groups in total. The van der Waals surface area contributed by atoms with Gasteiger partial charge in [0.2, 0.25) is 0 Å². The molecule has 3 aromatic carbocycles. The van der Waals surface area contributed by atoms with E-state index in [1.54, 1.807) is 11.8 Å². The molecule has 0 bridgehead atoms. The van der Waals surface area contributed by atoms with Gasteiger partial charge in [0.1, 0.15) is 18.1 Å². The van der Waals surface area contributed by atoms with Crippen LogP contribution in [-0.4, -0.2) is 12.4 Å². The summed E-state index contributed by atoms with van der Waals surface area (Å²) < 4.78 is 48.8. The van der Waals surface area contributed by atoms with Gasteiger partial charge in [-0.1, -0.05) is 36.4 Å². The quantitative estimate of drug-likeness (QED) is 0.341. The maximum Gasteiger partial charge on any atom is 0.416 e. The Hall–Kier alpha value is -2.86. The monoisotopic (exact) mass is 442 g/mol. The Balaban J connectivity index is 1.71. The zero-order chi connectivity index (χ0) is 22.3. The van der Waals surface area contributed by atoms with Gasteiger partial charge in [-0.2, -0.15) is 13.2 Å². The molecule has 0 fully saturated rings. The van der Waals surface area contributed by atoms with Crippen molar-refractivity contribution in [2.75, 3.05) is 12.4 Å². The van der Waals surface area contributed by atoms with E-state index in [-0.39, 0.29) is 6.61 Å². The van der Waals surface area contributed by atoms with Crippen molar-refractivity contribution in [3.05, 3.63) is 102 Å². The Morgan fingerprint density at radius 1 is 1.00 bits per heavy atom. The fourth-order valence-electron chi connectivity index (χ4n) is 2.85. The van der Waals surface area contributed by atoms with Crippen LogP contribution in [-0.2, 0) is 6.18 Å². The molecule has 0 aliphatic heterocycles. The second-order valence-electron chi connectivity index (χ2n) is 6.86. The topological polar surface area (TPSA) is 18.5 Å². The van der Waals surface area contributed by atoms with E-state index in [2.05, 4.69) is 0 Å². The SMILES string of the molecule is [CH]Oc1ccc(SC/C(=C/c2ccccc2)COc2ccc(C(F)(F)F)cc2)cc1C. The third-order valence-electron chi connectivity index (χ3n) is 4.47. The average Bonchev–Trinajstić information content (AvgIpc) is 2.76. The van der Waals surface area contributed by atoms with Gasteiger partial charge >= 0.3 is 6.18 Å². The van der Waals surface area contributed by atoms with Crippen molar-refractivity contribution in [2.24, 2.45) is 0 Å². The number of alkyl halides is 3. The summed E-state index contributed by atoms with van der Waals surface area (Å²) in [5.41, 5.74) is 2.25. The lowest BCUT2D eigenvalue weighted by Crippen LogP contribution is -2.06. The predicted molar refractivity (Wildman–Crippen MR) is 118 cm³/mol. The van der Waals surface area contributed by atoms with Crippen LogP contribution in [0.25, 0.3) is 6.08 Å². The molecular formula is C25H21F3O2S. The van der Waals surface area contributed by atoms with E-state index in [0.29, 0.717) is 17.3 Å². The molecule has 160 valence electrons. The number of hydrogen-bond acceptors (Lipinski definition) is 3. The molecule has 3 aromatic rings. The largest absolute Gasteiger partial charge is 0.489 e. The van der Waals surface area contributed by atoms with E-state index in [0.717, 1.165) is 33.7 Å². The molecule has 0 heterocycles. The molecule has 0 saturated heterocycles. The summed E-state index contributed by atoms with van der Waals surface area (Å²) in [7, 11) is 5.24. The zero-order valence-corrected chi connectivity index (χ0v) is 17.7. The second-order valence-corrected chi connectivity index (χ2v) is 7.91. The lowest BCUT2D eigenvalue weighted by molar-refractivity contribution is -0.137. The van der Waals surface area contributed by atoms with Gasteiger partial charge < -0.3 is 9.47 Å². The first kappa shape index (κ1) is 22.8. The van der Waals surface area contributed by atoms with Gasteiger partial charge in [-0.25, -0.2) is 0 Å². The Labute approximate surface area is 184 Å². The normalized spacial score (nSPS) is 12.0. The van der Waals surface area contributed by atoms with Crippen LogP contribution in [0.15, 0.2) is 83.3 Å². The molecule has 0 aliphatic rings. The summed E-state index contributed by atoms with van der Waals surface area (Å²) in [6, 6.07) is 20.3. The van der Waals surface area contributed by atoms with Crippen molar-refractivity contribution < 1.29 is 22.6 Å². The number of thioether (sulfide) groups is 1. The highest BCUT2D eigenvalue weighted by molar-refractivity contribution is 7.99. The molecule has 0 aromatic heterocycles. The van der Waals surface area contributed by atoms with Gasteiger partial charge in [-0.15, -0.1) is 11.8 Å². The summed E-state index contributed by atoms with van der Waals surface area (Å²) in [5.74, 6) is 1.66. The minimum absolute atomic E-state index is 0.260. The molecule has 0 aliphatic carbocycles. The number of hydrogen-bond donors (Lipinski definition) is 0. The van der Waals surface area contributed by atoms with Crippen LogP contribution in [0.1, 0.15) is 16.7 Å². The van der Waals surface area contributed by atoms with Crippen molar-refractivity contribution >= 4 is 17.8 Å². The van der Waals surface area contributed by atoms with Crippen molar-refractivity contribution in [1.29, 1.82) is 0 Å². The second kappa shape index (κ2) is 10.4. The number of ether oxygens (including phenoxy) is 2. The first-order valence-corrected chi connectivity index (χ1v) is 10.5. The Kier molecular flexibility index (Phi) is 7.69. The molecule has 2 nitrogen and oxygen atoms in total. The summed E-state index contributed by atoms with van der Waals surface area (Å²) in [6.45, 7) is 2.18. The maximum absolute atomic E-state index is 12.7. The smallest absolute Gasteiger partial charge is 0.416 e. The average molecular weight is 443 g/mol. The van der Waals surface area contributed by atoms with Crippen LogP contribution in [0.2, 0.25) is 0 Å². The number of rotatable bonds is 8. The van der Waals surface area contributed by atoms with Crippen LogP contribution < -0.4 is 9.47 Å². The van der Waals surface area contributed by atoms with Crippen LogP contribution in [0, 0.1) is 14.0 Å². The number of benzene rings is 3. The third kappa shape index (κ3) is 6.82. The third-order valence-corrected chi connectivity index (χ3v) is 5.58. The van der Waals surface area contributed by atoms with Gasteiger partial charge in [-0.05, 0) is 66.1 Å². The van der Waals surface area contributed by atoms with Crippen LogP contribution in [0.5, 0.6) is 11.5 Å². The van der Waals surface area contributed by atoms with Gasteiger partial charge in [0.05, 0.1) is 5.56 Å². The molecule has 2 radical (unpaired) electrons. The highest BCUT2D eigenvalue weighted by atomic mass is 32.2. The van der Waals surface area contributed by atoms with E-state index >= 15 is 0 Å². The Morgan fingerprint density at radius 2 is 1.71 bits per heavy atom. The highest BCUT2D eigenvalue weighted by Gasteiger charge is 2.30. The van der Waals surface area contributed by atoms with E-state index in [1.807, 2.05) is 61.5 Å². The highest BCUT2D eigenvalue weighted by Crippen LogP contribution is 2.31. The van der Waals surface area contributed by atoms with Crippen molar-refractivity contribution in [3.63, 3.8) is 0 Å². The maximum atomic E-state index is 12.7. The van der Waals surface area contributed by atoms with Crippen molar-refractivity contribution in [3.8, 4) is 11.5 Å². The molecule has 0 amide bonds. The summed E-state index contributed by atoms with van der Waals surface area (Å²) in [5, 5.41) is 0. The van der Waals surface area contributed by atoms with Gasteiger partial charge in [0, 0.05) is 10.6 Å². The molecule has 31 heavy (non-hydrogen) atoms. The van der Waals surface area contributed by atoms with Crippen LogP contribution in [0.3, 0.4) is 0 Å². The van der Waals surface area contributed by atoms with Crippen LogP contribution in [0.4, 0.5) is 13.2 Å². The van der Waals surface area contributed by atoms with E-state index < -0.39 is 11.7 Å². The molecule has 3 rings (SSSR count). The molecule has 0 spiro atoms. The van der Waals surface area contributed by atoms with Crippen LogP contribution >= 0.6 is 11.8 Å². The standard InChI is InChI=1S/C25H21F3O2S/c1-18-14-23(12-13-24(18)29-2)31-17-20(15-19-6-4-3-5-7-19)16-30-22-10-8-21(9-11-22)25(26,27)28/h2-15H,16-17H2,1H3/b20-15+. The predicted octanol–water partition coefficient (Wildman–Crippen LogP) is 7.32. The summed E-state index contributed by atoms with van der Waals surface area (Å²) in [6.07, 6.45) is -2.34. The summed E-state index contributed by atoms with van der Waals surface area (Å²) >= 11 is 1.63. The lowest BCUT2D eigenvalue weighted by atomic mass is 10.1. The van der Waals surface area contributed by atoms with E-state index in [4.69, 9.17) is 16.6 Å². The Morgan fingerprint density at radius 3 is 2.32 bits per heavy atom. The fraction of sp³-hybridized carbons (Fsp3) is 0.160. The zero-order valence-electron chi connectivity index (χ0n) is 16.9. The number of aryl methyl sites for hydroxylation is 1. The van der Waals surface area contributed by atoms with Crippen molar-refractivity contribution in [2.45, 2.75) is 18.0 Å². The Bertz CT molecular complexity index is 1010. The molecule has 0 unspecified atom stereocenters. The molecule has 0 atom stereocenters. The minimum Gasteiger partial charge on any atom is -0.489 e. The van der Waals surface area contributed by atoms with Gasteiger partial charge in [-0.3, -0.25) is 0 Å².